The van der Waals surface area contributed by atoms with Crippen molar-refractivity contribution in [2.75, 3.05) is 11.4 Å². The molecular weight excluding hydrogens is 259 g/mol. The second-order valence-electron chi connectivity index (χ2n) is 4.41. The summed E-state index contributed by atoms with van der Waals surface area (Å²) in [4.78, 5) is 16.4. The number of anilines is 1. The number of para-hydroxylation sites is 1. The van der Waals surface area contributed by atoms with E-state index in [4.69, 9.17) is 5.11 Å². The molecule has 1 N–H and O–H groups in total. The van der Waals surface area contributed by atoms with Gasteiger partial charge in [-0.3, -0.25) is 9.78 Å². The minimum atomic E-state index is -0.858. The van der Waals surface area contributed by atoms with Crippen molar-refractivity contribution in [3.63, 3.8) is 0 Å². The molecule has 0 fully saturated rings. The number of benzene rings is 1. The molecule has 2 rings (SSSR count). The van der Waals surface area contributed by atoms with Crippen molar-refractivity contribution >= 4 is 11.7 Å². The number of hydrogen-bond donors (Lipinski definition) is 1. The highest BCUT2D eigenvalue weighted by Crippen LogP contribution is 2.17. The third-order valence-corrected chi connectivity index (χ3v) is 2.85. The van der Waals surface area contributed by atoms with Gasteiger partial charge in [0.15, 0.2) is 0 Å². The maximum Gasteiger partial charge on any atom is 0.305 e. The van der Waals surface area contributed by atoms with Crippen LogP contribution < -0.4 is 4.90 Å². The molecule has 0 saturated heterocycles. The summed E-state index contributed by atoms with van der Waals surface area (Å²) in [6, 6.07) is 10.9. The molecule has 0 unspecified atom stereocenters. The molecule has 5 heteroatoms. The molecule has 2 aromatic rings. The molecule has 104 valence electrons. The Morgan fingerprint density at radius 3 is 2.65 bits per heavy atom. The molecule has 0 saturated carbocycles. The fourth-order valence-corrected chi connectivity index (χ4v) is 1.93. The Morgan fingerprint density at radius 2 is 2.00 bits per heavy atom. The SMILES string of the molecule is O=C(O)CCN(Cc1cncc(F)c1)c1ccccc1. The highest BCUT2D eigenvalue weighted by Gasteiger charge is 2.10. The number of pyridine rings is 1. The van der Waals surface area contributed by atoms with Crippen molar-refractivity contribution < 1.29 is 14.3 Å². The Labute approximate surface area is 116 Å². The predicted molar refractivity (Wildman–Crippen MR) is 73.9 cm³/mol. The van der Waals surface area contributed by atoms with E-state index in [1.54, 1.807) is 6.20 Å². The van der Waals surface area contributed by atoms with Crippen molar-refractivity contribution in [3.05, 3.63) is 60.2 Å². The highest BCUT2D eigenvalue weighted by atomic mass is 19.1. The summed E-state index contributed by atoms with van der Waals surface area (Å²) in [7, 11) is 0. The number of carboxylic acid groups (broad SMARTS) is 1. The van der Waals surface area contributed by atoms with Crippen LogP contribution in [0.5, 0.6) is 0 Å². The van der Waals surface area contributed by atoms with E-state index in [0.29, 0.717) is 18.7 Å². The zero-order chi connectivity index (χ0) is 14.4. The van der Waals surface area contributed by atoms with Crippen LogP contribution in [-0.2, 0) is 11.3 Å². The molecule has 0 atom stereocenters. The number of hydrogen-bond acceptors (Lipinski definition) is 3. The fraction of sp³-hybridized carbons (Fsp3) is 0.200. The van der Waals surface area contributed by atoms with Gasteiger partial charge in [0.1, 0.15) is 5.82 Å². The van der Waals surface area contributed by atoms with E-state index < -0.39 is 11.8 Å². The van der Waals surface area contributed by atoms with Crippen molar-refractivity contribution in [1.82, 2.24) is 4.98 Å². The lowest BCUT2D eigenvalue weighted by Crippen LogP contribution is -2.25. The van der Waals surface area contributed by atoms with Crippen LogP contribution in [-0.4, -0.2) is 22.6 Å². The van der Waals surface area contributed by atoms with Gasteiger partial charge in [-0.25, -0.2) is 4.39 Å². The number of nitrogens with zero attached hydrogens (tertiary/aromatic N) is 2. The van der Waals surface area contributed by atoms with Crippen LogP contribution >= 0.6 is 0 Å². The molecule has 0 bridgehead atoms. The van der Waals surface area contributed by atoms with Crippen LogP contribution in [0.3, 0.4) is 0 Å². The summed E-state index contributed by atoms with van der Waals surface area (Å²) in [6.07, 6.45) is 2.75. The van der Waals surface area contributed by atoms with Crippen molar-refractivity contribution in [2.24, 2.45) is 0 Å². The maximum atomic E-state index is 13.2. The average molecular weight is 274 g/mol. The number of halogens is 1. The molecule has 0 radical (unpaired) electrons. The second-order valence-corrected chi connectivity index (χ2v) is 4.41. The molecule has 0 spiro atoms. The van der Waals surface area contributed by atoms with Gasteiger partial charge in [0.2, 0.25) is 0 Å². The standard InChI is InChI=1S/C15H15FN2O2/c16-13-8-12(9-17-10-13)11-18(7-6-15(19)20)14-4-2-1-3-5-14/h1-5,8-10H,6-7,11H2,(H,19,20). The molecule has 0 aliphatic rings. The lowest BCUT2D eigenvalue weighted by molar-refractivity contribution is -0.136. The lowest BCUT2D eigenvalue weighted by Gasteiger charge is -2.24. The molecule has 0 amide bonds. The van der Waals surface area contributed by atoms with Gasteiger partial charge in [0, 0.05) is 25.0 Å². The van der Waals surface area contributed by atoms with Gasteiger partial charge in [-0.1, -0.05) is 18.2 Å². The third-order valence-electron chi connectivity index (χ3n) is 2.85. The topological polar surface area (TPSA) is 53.4 Å². The molecule has 0 aliphatic heterocycles. The van der Waals surface area contributed by atoms with Crippen LogP contribution in [0.25, 0.3) is 0 Å². The quantitative estimate of drug-likeness (QED) is 0.880. The van der Waals surface area contributed by atoms with E-state index in [2.05, 4.69) is 4.98 Å². The van der Waals surface area contributed by atoms with E-state index >= 15 is 0 Å². The second kappa shape index (κ2) is 6.65. The van der Waals surface area contributed by atoms with Gasteiger partial charge in [-0.05, 0) is 23.8 Å². The Bertz CT molecular complexity index is 575. The van der Waals surface area contributed by atoms with E-state index in [1.165, 1.54) is 6.07 Å². The number of carbonyl (C=O) groups is 1. The van der Waals surface area contributed by atoms with E-state index in [9.17, 15) is 9.18 Å². The van der Waals surface area contributed by atoms with Crippen molar-refractivity contribution in [3.8, 4) is 0 Å². The Morgan fingerprint density at radius 1 is 1.25 bits per heavy atom. The molecule has 1 aromatic carbocycles. The number of rotatable bonds is 6. The Kier molecular flexibility index (Phi) is 4.65. The Balaban J connectivity index is 2.16. The first kappa shape index (κ1) is 14.0. The largest absolute Gasteiger partial charge is 0.481 e. The number of aromatic nitrogens is 1. The van der Waals surface area contributed by atoms with Gasteiger partial charge in [-0.15, -0.1) is 0 Å². The fourth-order valence-electron chi connectivity index (χ4n) is 1.93. The summed E-state index contributed by atoms with van der Waals surface area (Å²) in [5, 5.41) is 8.82. The van der Waals surface area contributed by atoms with E-state index in [-0.39, 0.29) is 6.42 Å². The summed E-state index contributed by atoms with van der Waals surface area (Å²) in [5.74, 6) is -1.25. The first-order valence-corrected chi connectivity index (χ1v) is 6.26. The van der Waals surface area contributed by atoms with Crippen LogP contribution in [0.15, 0.2) is 48.8 Å². The molecule has 0 aliphatic carbocycles. The summed E-state index contributed by atoms with van der Waals surface area (Å²) in [6.45, 7) is 0.776. The first-order valence-electron chi connectivity index (χ1n) is 6.26. The summed E-state index contributed by atoms with van der Waals surface area (Å²) < 4.78 is 13.2. The van der Waals surface area contributed by atoms with Gasteiger partial charge in [-0.2, -0.15) is 0 Å². The number of aliphatic carboxylic acids is 1. The lowest BCUT2D eigenvalue weighted by atomic mass is 10.2. The number of carboxylic acids is 1. The average Bonchev–Trinajstić information content (AvgIpc) is 2.44. The predicted octanol–water partition coefficient (Wildman–Crippen LogP) is 2.70. The van der Waals surface area contributed by atoms with Gasteiger partial charge in [0.25, 0.3) is 0 Å². The highest BCUT2D eigenvalue weighted by molar-refractivity contribution is 5.67. The zero-order valence-electron chi connectivity index (χ0n) is 10.9. The monoisotopic (exact) mass is 274 g/mol. The van der Waals surface area contributed by atoms with Gasteiger partial charge >= 0.3 is 5.97 Å². The summed E-state index contributed by atoms with van der Waals surface area (Å²) in [5.41, 5.74) is 1.61. The zero-order valence-corrected chi connectivity index (χ0v) is 10.9. The van der Waals surface area contributed by atoms with Gasteiger partial charge in [0.05, 0.1) is 12.6 Å². The molecule has 1 heterocycles. The smallest absolute Gasteiger partial charge is 0.305 e. The molecule has 4 nitrogen and oxygen atoms in total. The minimum Gasteiger partial charge on any atom is -0.481 e. The minimum absolute atomic E-state index is 0.0254. The molecular formula is C15H15FN2O2. The van der Waals surface area contributed by atoms with Gasteiger partial charge < -0.3 is 10.0 Å². The van der Waals surface area contributed by atoms with Crippen LogP contribution in [0.2, 0.25) is 0 Å². The maximum absolute atomic E-state index is 13.2. The molecule has 1 aromatic heterocycles. The van der Waals surface area contributed by atoms with E-state index in [1.807, 2.05) is 35.2 Å². The molecule has 20 heavy (non-hydrogen) atoms. The van der Waals surface area contributed by atoms with Crippen molar-refractivity contribution in [1.29, 1.82) is 0 Å². The van der Waals surface area contributed by atoms with Crippen LogP contribution in [0.4, 0.5) is 10.1 Å². The van der Waals surface area contributed by atoms with E-state index in [0.717, 1.165) is 11.9 Å². The summed E-state index contributed by atoms with van der Waals surface area (Å²) >= 11 is 0. The third kappa shape index (κ3) is 4.05. The van der Waals surface area contributed by atoms with Crippen LogP contribution in [0.1, 0.15) is 12.0 Å². The normalized spacial score (nSPS) is 10.2. The Hall–Kier alpha value is -2.43. The van der Waals surface area contributed by atoms with Crippen molar-refractivity contribution in [2.45, 2.75) is 13.0 Å². The van der Waals surface area contributed by atoms with Crippen LogP contribution in [0, 0.1) is 5.82 Å². The first-order chi connectivity index (χ1) is 9.65.